The Kier molecular flexibility index (Phi) is 9.83. The number of nitrogens with two attached hydrogens (primary N) is 2. The molecule has 0 aliphatic heterocycles. The Bertz CT molecular complexity index is 656. The molecule has 0 amide bonds. The highest BCUT2D eigenvalue weighted by Gasteiger charge is 2.02. The largest absolute Gasteiger partial charge is 0.370 e. The molecule has 0 radical (unpaired) electrons. The first-order valence-electron chi connectivity index (χ1n) is 5.80. The SMILES string of the molecule is Cl.Cl.NC(N)=Nc1nc(CSCCc2nc(=O)cc[nH]2)cs1. The minimum Gasteiger partial charge on any atom is -0.370 e. The van der Waals surface area contributed by atoms with Crippen LogP contribution in [0.2, 0.25) is 0 Å². The van der Waals surface area contributed by atoms with Crippen LogP contribution in [0.25, 0.3) is 0 Å². The van der Waals surface area contributed by atoms with Gasteiger partial charge in [-0.15, -0.1) is 36.2 Å². The van der Waals surface area contributed by atoms with Gasteiger partial charge in [0.2, 0.25) is 5.13 Å². The third kappa shape index (κ3) is 7.12. The van der Waals surface area contributed by atoms with Crippen molar-refractivity contribution in [1.82, 2.24) is 15.0 Å². The lowest BCUT2D eigenvalue weighted by Crippen LogP contribution is -2.21. The van der Waals surface area contributed by atoms with Crippen LogP contribution < -0.4 is 17.0 Å². The van der Waals surface area contributed by atoms with Gasteiger partial charge in [-0.05, 0) is 0 Å². The van der Waals surface area contributed by atoms with Crippen LogP contribution in [0.5, 0.6) is 0 Å². The van der Waals surface area contributed by atoms with E-state index in [1.54, 1.807) is 18.0 Å². The van der Waals surface area contributed by atoms with Crippen molar-refractivity contribution in [3.05, 3.63) is 39.5 Å². The molecule has 0 aliphatic rings. The summed E-state index contributed by atoms with van der Waals surface area (Å²) in [6, 6.07) is 1.40. The molecule has 0 aromatic carbocycles. The van der Waals surface area contributed by atoms with Gasteiger partial charge in [-0.3, -0.25) is 4.79 Å². The van der Waals surface area contributed by atoms with Crippen LogP contribution in [-0.4, -0.2) is 26.7 Å². The number of aromatic amines is 1. The fraction of sp³-hybridized carbons (Fsp3) is 0.273. The topological polar surface area (TPSA) is 123 Å². The monoisotopic (exact) mass is 382 g/mol. The maximum atomic E-state index is 11.1. The number of nitrogens with zero attached hydrogens (tertiary/aromatic N) is 3. The van der Waals surface area contributed by atoms with Crippen molar-refractivity contribution in [2.75, 3.05) is 5.75 Å². The summed E-state index contributed by atoms with van der Waals surface area (Å²) >= 11 is 3.11. The third-order valence-electron chi connectivity index (χ3n) is 2.22. The molecule has 0 saturated heterocycles. The van der Waals surface area contributed by atoms with E-state index in [9.17, 15) is 4.79 Å². The van der Waals surface area contributed by atoms with Gasteiger partial charge in [0.1, 0.15) is 5.82 Å². The van der Waals surface area contributed by atoms with Crippen LogP contribution in [0.1, 0.15) is 11.5 Å². The Morgan fingerprint density at radius 1 is 1.36 bits per heavy atom. The molecule has 22 heavy (non-hydrogen) atoms. The van der Waals surface area contributed by atoms with E-state index in [0.717, 1.165) is 17.2 Å². The van der Waals surface area contributed by atoms with Gasteiger partial charge in [-0.1, -0.05) is 0 Å². The molecule has 0 unspecified atom stereocenters. The second-order valence-corrected chi connectivity index (χ2v) is 5.78. The zero-order chi connectivity index (χ0) is 14.4. The lowest BCUT2D eigenvalue weighted by atomic mass is 10.4. The van der Waals surface area contributed by atoms with Crippen molar-refractivity contribution in [2.45, 2.75) is 12.2 Å². The van der Waals surface area contributed by atoms with E-state index in [2.05, 4.69) is 19.9 Å². The quantitative estimate of drug-likeness (QED) is 0.394. The molecule has 2 aromatic heterocycles. The van der Waals surface area contributed by atoms with Gasteiger partial charge in [0.25, 0.3) is 5.56 Å². The number of rotatable bonds is 6. The first kappa shape index (κ1) is 20.7. The van der Waals surface area contributed by atoms with Crippen molar-refractivity contribution < 1.29 is 0 Å². The molecule has 0 spiro atoms. The molecule has 11 heteroatoms. The van der Waals surface area contributed by atoms with Crippen LogP contribution in [0.4, 0.5) is 5.13 Å². The summed E-state index contributed by atoms with van der Waals surface area (Å²) in [6.45, 7) is 0. The average molecular weight is 383 g/mol. The van der Waals surface area contributed by atoms with E-state index in [1.165, 1.54) is 17.4 Å². The highest BCUT2D eigenvalue weighted by atomic mass is 35.5. The molecule has 0 aliphatic carbocycles. The van der Waals surface area contributed by atoms with Gasteiger partial charge in [-0.2, -0.15) is 21.7 Å². The number of hydrogen-bond acceptors (Lipinski definition) is 6. The zero-order valence-corrected chi connectivity index (χ0v) is 14.7. The summed E-state index contributed by atoms with van der Waals surface area (Å²) in [7, 11) is 0. The minimum absolute atomic E-state index is 0. The summed E-state index contributed by atoms with van der Waals surface area (Å²) in [5.41, 5.74) is 11.3. The summed E-state index contributed by atoms with van der Waals surface area (Å²) in [6.07, 6.45) is 2.32. The Hall–Kier alpha value is -1.29. The molecule has 0 fully saturated rings. The summed E-state index contributed by atoms with van der Waals surface area (Å²) in [4.78, 5) is 26.0. The average Bonchev–Trinajstić information content (AvgIpc) is 2.81. The highest BCUT2D eigenvalue weighted by Crippen LogP contribution is 2.21. The molecule has 0 bridgehead atoms. The Balaban J connectivity index is 0.00000220. The third-order valence-corrected chi connectivity index (χ3v) is 3.99. The standard InChI is InChI=1S/C11H14N6OS2.2ClH/c12-10(13)17-11-15-7(6-20-11)5-19-4-2-8-14-3-1-9(18)16-8;;/h1,3,6H,2,4-5H2,(H,14,16,18)(H4,12,13,15,17);2*1H. The molecule has 5 N–H and O–H groups in total. The van der Waals surface area contributed by atoms with Crippen molar-refractivity contribution in [2.24, 2.45) is 16.5 Å². The number of aromatic nitrogens is 3. The molecule has 0 atom stereocenters. The van der Waals surface area contributed by atoms with Gasteiger partial charge in [-0.25, -0.2) is 4.98 Å². The Morgan fingerprint density at radius 3 is 2.82 bits per heavy atom. The van der Waals surface area contributed by atoms with E-state index >= 15 is 0 Å². The predicted molar refractivity (Wildman–Crippen MR) is 96.8 cm³/mol. The number of aryl methyl sites for hydroxylation is 1. The smallest absolute Gasteiger partial charge is 0.272 e. The number of H-pyrrole nitrogens is 1. The van der Waals surface area contributed by atoms with Crippen LogP contribution >= 0.6 is 47.9 Å². The maximum Gasteiger partial charge on any atom is 0.272 e. The van der Waals surface area contributed by atoms with E-state index < -0.39 is 0 Å². The number of aliphatic imine (C=N–C) groups is 1. The summed E-state index contributed by atoms with van der Waals surface area (Å²) < 4.78 is 0. The molecule has 2 heterocycles. The van der Waals surface area contributed by atoms with Crippen molar-refractivity contribution in [1.29, 1.82) is 0 Å². The second-order valence-electron chi connectivity index (χ2n) is 3.84. The molecule has 0 saturated carbocycles. The lowest BCUT2D eigenvalue weighted by Gasteiger charge is -1.99. The number of halogens is 2. The van der Waals surface area contributed by atoms with Crippen LogP contribution in [0, 0.1) is 0 Å². The molecular weight excluding hydrogens is 367 g/mol. The van der Waals surface area contributed by atoms with Gasteiger partial charge in [0.05, 0.1) is 5.69 Å². The Morgan fingerprint density at radius 2 is 2.14 bits per heavy atom. The zero-order valence-electron chi connectivity index (χ0n) is 11.4. The van der Waals surface area contributed by atoms with Gasteiger partial charge >= 0.3 is 0 Å². The van der Waals surface area contributed by atoms with Gasteiger partial charge in [0, 0.05) is 35.6 Å². The van der Waals surface area contributed by atoms with Crippen LogP contribution in [0.15, 0.2) is 27.4 Å². The van der Waals surface area contributed by atoms with E-state index in [0.29, 0.717) is 17.4 Å². The number of thioether (sulfide) groups is 1. The van der Waals surface area contributed by atoms with Crippen molar-refractivity contribution in [3.8, 4) is 0 Å². The normalized spacial score (nSPS) is 9.45. The number of thiazole rings is 1. The first-order valence-corrected chi connectivity index (χ1v) is 7.83. The summed E-state index contributed by atoms with van der Waals surface area (Å²) in [5, 5.41) is 2.49. The van der Waals surface area contributed by atoms with Gasteiger partial charge < -0.3 is 16.5 Å². The predicted octanol–water partition coefficient (Wildman–Crippen LogP) is 1.45. The van der Waals surface area contributed by atoms with Gasteiger partial charge in [0.15, 0.2) is 5.96 Å². The van der Waals surface area contributed by atoms with Crippen molar-refractivity contribution in [3.63, 3.8) is 0 Å². The molecule has 2 rings (SSSR count). The minimum atomic E-state index is -0.217. The van der Waals surface area contributed by atoms with E-state index in [-0.39, 0.29) is 36.3 Å². The molecule has 7 nitrogen and oxygen atoms in total. The fourth-order valence-corrected chi connectivity index (χ4v) is 3.06. The number of hydrogen-bond donors (Lipinski definition) is 3. The lowest BCUT2D eigenvalue weighted by molar-refractivity contribution is 0.926. The molecular formula is C11H16Cl2N6OS2. The highest BCUT2D eigenvalue weighted by molar-refractivity contribution is 7.98. The molecule has 2 aromatic rings. The Labute approximate surface area is 147 Å². The van der Waals surface area contributed by atoms with Crippen molar-refractivity contribution >= 4 is 59.0 Å². The number of guanidine groups is 1. The molecule has 122 valence electrons. The van der Waals surface area contributed by atoms with E-state index in [1.807, 2.05) is 5.38 Å². The first-order chi connectivity index (χ1) is 9.63. The van der Waals surface area contributed by atoms with Crippen LogP contribution in [-0.2, 0) is 12.2 Å². The van der Waals surface area contributed by atoms with Crippen LogP contribution in [0.3, 0.4) is 0 Å². The second kappa shape index (κ2) is 10.4. The maximum absolute atomic E-state index is 11.1. The summed E-state index contributed by atoms with van der Waals surface area (Å²) in [5.74, 6) is 2.33. The fourth-order valence-electron chi connectivity index (χ4n) is 1.41. The van der Waals surface area contributed by atoms with E-state index in [4.69, 9.17) is 11.5 Å². The number of nitrogens with one attached hydrogen (secondary N) is 1.